The molecule has 2 aromatic heterocycles. The van der Waals surface area contributed by atoms with Crippen molar-refractivity contribution >= 4 is 28.1 Å². The smallest absolute Gasteiger partial charge is 0.167 e. The normalized spacial score (nSPS) is 12.5. The Balaban J connectivity index is 1.89. The number of methoxy groups -OCH3 is 1. The van der Waals surface area contributed by atoms with Gasteiger partial charge in [0.25, 0.3) is 0 Å². The third kappa shape index (κ3) is 3.32. The average Bonchev–Trinajstić information content (AvgIpc) is 3.08. The Labute approximate surface area is 144 Å². The summed E-state index contributed by atoms with van der Waals surface area (Å²) in [6.07, 6.45) is 1.44. The van der Waals surface area contributed by atoms with Crippen LogP contribution in [0, 0.1) is 5.82 Å². The molecule has 1 N–H and O–H groups in total. The topological polar surface area (TPSA) is 50.3 Å². The van der Waals surface area contributed by atoms with Gasteiger partial charge in [-0.05, 0) is 31.6 Å². The molecule has 0 spiro atoms. The van der Waals surface area contributed by atoms with Crippen molar-refractivity contribution < 1.29 is 9.13 Å². The van der Waals surface area contributed by atoms with Crippen LogP contribution in [0.25, 0.3) is 10.9 Å². The molecule has 0 aliphatic carbocycles. The molecule has 0 fully saturated rings. The number of rotatable bonds is 6. The molecule has 3 rings (SSSR count). The number of anilines is 1. The number of hydrogen-bond donors (Lipinski definition) is 1. The molecule has 0 amide bonds. The van der Waals surface area contributed by atoms with Crippen molar-refractivity contribution in [2.24, 2.45) is 0 Å². The first-order chi connectivity index (χ1) is 11.6. The molecule has 24 heavy (non-hydrogen) atoms. The van der Waals surface area contributed by atoms with Gasteiger partial charge in [-0.25, -0.2) is 14.4 Å². The van der Waals surface area contributed by atoms with Gasteiger partial charge in [-0.1, -0.05) is 6.07 Å². The van der Waals surface area contributed by atoms with Gasteiger partial charge in [0.1, 0.15) is 12.1 Å². The van der Waals surface area contributed by atoms with Crippen LogP contribution in [0.15, 0.2) is 36.0 Å². The van der Waals surface area contributed by atoms with Crippen molar-refractivity contribution in [3.63, 3.8) is 0 Å². The minimum Gasteiger partial charge on any atom is -0.494 e. The Bertz CT molecular complexity index is 823. The SMILES string of the molecule is COc1cc2c(NCC(c3cccs3)N(C)C)ncnc2cc1F. The second kappa shape index (κ2) is 7.11. The summed E-state index contributed by atoms with van der Waals surface area (Å²) in [4.78, 5) is 11.9. The Morgan fingerprint density at radius 3 is 2.83 bits per heavy atom. The number of likely N-dealkylation sites (N-methyl/N-ethyl adjacent to an activating group) is 1. The van der Waals surface area contributed by atoms with E-state index in [9.17, 15) is 4.39 Å². The van der Waals surface area contributed by atoms with Gasteiger partial charge in [-0.15, -0.1) is 11.3 Å². The van der Waals surface area contributed by atoms with E-state index in [4.69, 9.17) is 4.74 Å². The number of benzene rings is 1. The molecule has 0 saturated heterocycles. The molecule has 2 heterocycles. The first-order valence-electron chi connectivity index (χ1n) is 7.52. The van der Waals surface area contributed by atoms with Crippen molar-refractivity contribution in [2.75, 3.05) is 33.1 Å². The summed E-state index contributed by atoms with van der Waals surface area (Å²) in [6.45, 7) is 0.680. The number of fused-ring (bicyclic) bond motifs is 1. The molecule has 7 heteroatoms. The molecule has 5 nitrogen and oxygen atoms in total. The van der Waals surface area contributed by atoms with Gasteiger partial charge >= 0.3 is 0 Å². The number of thiophene rings is 1. The quantitative estimate of drug-likeness (QED) is 0.740. The van der Waals surface area contributed by atoms with Gasteiger partial charge in [0.05, 0.1) is 18.7 Å². The van der Waals surface area contributed by atoms with Crippen LogP contribution in [0.5, 0.6) is 5.75 Å². The summed E-state index contributed by atoms with van der Waals surface area (Å²) in [5.74, 6) is 0.420. The zero-order chi connectivity index (χ0) is 17.1. The van der Waals surface area contributed by atoms with Crippen LogP contribution in [0.1, 0.15) is 10.9 Å². The molecule has 1 unspecified atom stereocenters. The second-order valence-corrected chi connectivity index (χ2v) is 6.58. The highest BCUT2D eigenvalue weighted by Gasteiger charge is 2.16. The lowest BCUT2D eigenvalue weighted by Gasteiger charge is -2.24. The minimum atomic E-state index is -0.431. The Morgan fingerprint density at radius 1 is 1.33 bits per heavy atom. The van der Waals surface area contributed by atoms with E-state index in [2.05, 4.69) is 31.6 Å². The van der Waals surface area contributed by atoms with Crippen LogP contribution >= 0.6 is 11.3 Å². The Morgan fingerprint density at radius 2 is 2.17 bits per heavy atom. The summed E-state index contributed by atoms with van der Waals surface area (Å²) in [5, 5.41) is 6.17. The Hall–Kier alpha value is -2.25. The van der Waals surface area contributed by atoms with Crippen LogP contribution in [0.3, 0.4) is 0 Å². The van der Waals surface area contributed by atoms with E-state index in [0.717, 1.165) is 5.39 Å². The van der Waals surface area contributed by atoms with Crippen LogP contribution in [-0.2, 0) is 0 Å². The molecule has 1 aromatic carbocycles. The monoisotopic (exact) mass is 346 g/mol. The van der Waals surface area contributed by atoms with E-state index in [0.29, 0.717) is 17.9 Å². The lowest BCUT2D eigenvalue weighted by atomic mass is 10.2. The summed E-state index contributed by atoms with van der Waals surface area (Å²) in [6, 6.07) is 7.38. The van der Waals surface area contributed by atoms with Gasteiger partial charge < -0.3 is 15.0 Å². The number of nitrogens with zero attached hydrogens (tertiary/aromatic N) is 3. The number of nitrogens with one attached hydrogen (secondary N) is 1. The van der Waals surface area contributed by atoms with Gasteiger partial charge in [-0.2, -0.15) is 0 Å². The van der Waals surface area contributed by atoms with Gasteiger partial charge in [0.2, 0.25) is 0 Å². The summed E-state index contributed by atoms with van der Waals surface area (Å²) in [7, 11) is 5.53. The molecule has 0 radical (unpaired) electrons. The van der Waals surface area contributed by atoms with Crippen molar-refractivity contribution in [2.45, 2.75) is 6.04 Å². The fourth-order valence-corrected chi connectivity index (χ4v) is 3.49. The molecule has 3 aromatic rings. The van der Waals surface area contributed by atoms with E-state index >= 15 is 0 Å². The molecular formula is C17H19FN4OS. The predicted octanol–water partition coefficient (Wildman–Crippen LogP) is 3.55. The molecule has 0 saturated carbocycles. The standard InChI is InChI=1S/C17H19FN4OS/c1-22(2)14(16-5-4-6-24-16)9-19-17-11-7-15(23-3)12(18)8-13(11)20-10-21-17/h4-8,10,14H,9H2,1-3H3,(H,19,20,21). The maximum absolute atomic E-state index is 13.8. The summed E-state index contributed by atoms with van der Waals surface area (Å²) < 4.78 is 18.9. The predicted molar refractivity (Wildman–Crippen MR) is 95.3 cm³/mol. The largest absolute Gasteiger partial charge is 0.494 e. The molecular weight excluding hydrogens is 327 g/mol. The van der Waals surface area contributed by atoms with Crippen molar-refractivity contribution in [1.29, 1.82) is 0 Å². The molecule has 0 bridgehead atoms. The number of hydrogen-bond acceptors (Lipinski definition) is 6. The number of ether oxygens (including phenoxy) is 1. The fraction of sp³-hybridized carbons (Fsp3) is 0.294. The lowest BCUT2D eigenvalue weighted by molar-refractivity contribution is 0.316. The summed E-state index contributed by atoms with van der Waals surface area (Å²) in [5.41, 5.74) is 0.545. The molecule has 0 aliphatic heterocycles. The van der Waals surface area contributed by atoms with Crippen LogP contribution in [0.4, 0.5) is 10.2 Å². The highest BCUT2D eigenvalue weighted by Crippen LogP contribution is 2.28. The lowest BCUT2D eigenvalue weighted by Crippen LogP contribution is -2.26. The van der Waals surface area contributed by atoms with Gasteiger partial charge in [0, 0.05) is 22.9 Å². The van der Waals surface area contributed by atoms with Gasteiger partial charge in [-0.3, -0.25) is 0 Å². The Kier molecular flexibility index (Phi) is 4.92. The van der Waals surface area contributed by atoms with Gasteiger partial charge in [0.15, 0.2) is 11.6 Å². The maximum Gasteiger partial charge on any atom is 0.167 e. The first-order valence-corrected chi connectivity index (χ1v) is 8.40. The highest BCUT2D eigenvalue weighted by atomic mass is 32.1. The molecule has 1 atom stereocenters. The maximum atomic E-state index is 13.8. The minimum absolute atomic E-state index is 0.183. The van der Waals surface area contributed by atoms with E-state index in [1.165, 1.54) is 24.4 Å². The second-order valence-electron chi connectivity index (χ2n) is 5.60. The number of halogens is 1. The zero-order valence-electron chi connectivity index (χ0n) is 13.8. The van der Waals surface area contributed by atoms with E-state index in [1.54, 1.807) is 17.4 Å². The zero-order valence-corrected chi connectivity index (χ0v) is 14.6. The van der Waals surface area contributed by atoms with Crippen molar-refractivity contribution in [1.82, 2.24) is 14.9 Å². The van der Waals surface area contributed by atoms with E-state index < -0.39 is 5.82 Å². The van der Waals surface area contributed by atoms with Crippen molar-refractivity contribution in [3.8, 4) is 5.75 Å². The van der Waals surface area contributed by atoms with Crippen LogP contribution < -0.4 is 10.1 Å². The number of aromatic nitrogens is 2. The fourth-order valence-electron chi connectivity index (χ4n) is 2.57. The average molecular weight is 346 g/mol. The third-order valence-corrected chi connectivity index (χ3v) is 4.84. The van der Waals surface area contributed by atoms with E-state index in [1.807, 2.05) is 20.2 Å². The third-order valence-electron chi connectivity index (χ3n) is 3.87. The molecule has 0 aliphatic rings. The van der Waals surface area contributed by atoms with Crippen LogP contribution in [-0.4, -0.2) is 42.6 Å². The summed E-state index contributed by atoms with van der Waals surface area (Å²) >= 11 is 1.72. The first kappa shape index (κ1) is 16.6. The van der Waals surface area contributed by atoms with Crippen LogP contribution in [0.2, 0.25) is 0 Å². The van der Waals surface area contributed by atoms with E-state index in [-0.39, 0.29) is 11.8 Å². The van der Waals surface area contributed by atoms with Crippen molar-refractivity contribution in [3.05, 3.63) is 46.7 Å². The molecule has 126 valence electrons. The highest BCUT2D eigenvalue weighted by molar-refractivity contribution is 7.10.